The summed E-state index contributed by atoms with van der Waals surface area (Å²) in [5.74, 6) is 0.493. The van der Waals surface area contributed by atoms with E-state index in [0.29, 0.717) is 11.9 Å². The molecule has 1 N–H and O–H groups in total. The van der Waals surface area contributed by atoms with Gasteiger partial charge in [-0.15, -0.1) is 0 Å². The van der Waals surface area contributed by atoms with Gasteiger partial charge in [-0.1, -0.05) is 0 Å². The van der Waals surface area contributed by atoms with Crippen molar-refractivity contribution >= 4 is 5.91 Å². The molecule has 3 rings (SSSR count). The van der Waals surface area contributed by atoms with Crippen molar-refractivity contribution in [3.63, 3.8) is 0 Å². The minimum absolute atomic E-state index is 0.159. The Hall–Kier alpha value is -0.650. The third-order valence-electron chi connectivity index (χ3n) is 5.11. The fourth-order valence-electron chi connectivity index (χ4n) is 3.82. The molecular formula is C15H26N2O3. The van der Waals surface area contributed by atoms with Crippen molar-refractivity contribution < 1.29 is 14.6 Å². The van der Waals surface area contributed by atoms with Crippen molar-refractivity contribution in [2.75, 3.05) is 39.4 Å². The zero-order valence-electron chi connectivity index (χ0n) is 12.2. The Morgan fingerprint density at radius 2 is 1.70 bits per heavy atom. The second kappa shape index (κ2) is 6.41. The molecule has 0 bridgehead atoms. The summed E-state index contributed by atoms with van der Waals surface area (Å²) < 4.78 is 5.33. The Bertz CT molecular complexity index is 336. The molecule has 5 heteroatoms. The molecule has 1 aliphatic carbocycles. The Morgan fingerprint density at radius 3 is 2.30 bits per heavy atom. The van der Waals surface area contributed by atoms with Crippen LogP contribution in [-0.2, 0) is 9.53 Å². The lowest BCUT2D eigenvalue weighted by Crippen LogP contribution is -2.54. The highest BCUT2D eigenvalue weighted by Crippen LogP contribution is 2.26. The van der Waals surface area contributed by atoms with Crippen LogP contribution >= 0.6 is 0 Å². The number of piperazine rings is 1. The molecule has 0 radical (unpaired) electrons. The fourth-order valence-corrected chi connectivity index (χ4v) is 3.82. The van der Waals surface area contributed by atoms with Crippen molar-refractivity contribution in [2.24, 2.45) is 5.92 Å². The van der Waals surface area contributed by atoms with E-state index in [2.05, 4.69) is 4.90 Å². The summed E-state index contributed by atoms with van der Waals surface area (Å²) in [7, 11) is 0. The van der Waals surface area contributed by atoms with Crippen LogP contribution in [0.3, 0.4) is 0 Å². The lowest BCUT2D eigenvalue weighted by Gasteiger charge is -2.40. The van der Waals surface area contributed by atoms with Gasteiger partial charge in [-0.3, -0.25) is 9.69 Å². The molecule has 20 heavy (non-hydrogen) atoms. The highest BCUT2D eigenvalue weighted by Gasteiger charge is 2.34. The van der Waals surface area contributed by atoms with Gasteiger partial charge in [0.25, 0.3) is 0 Å². The van der Waals surface area contributed by atoms with Crippen molar-refractivity contribution in [1.82, 2.24) is 9.80 Å². The van der Waals surface area contributed by atoms with Crippen LogP contribution in [0.2, 0.25) is 0 Å². The van der Waals surface area contributed by atoms with Gasteiger partial charge in [-0.2, -0.15) is 0 Å². The standard InChI is InChI=1S/C15H26N2O3/c18-14-3-1-2-13(14)16-6-8-17(9-7-16)15(19)12-4-10-20-11-5-12/h12-14,18H,1-11H2/t13-,14+/m1/s1. The first-order chi connectivity index (χ1) is 9.75. The number of aliphatic hydroxyl groups is 1. The predicted molar refractivity (Wildman–Crippen MR) is 75.3 cm³/mol. The number of hydrogen-bond acceptors (Lipinski definition) is 4. The molecule has 0 spiro atoms. The van der Waals surface area contributed by atoms with Gasteiger partial charge in [-0.25, -0.2) is 0 Å². The Morgan fingerprint density at radius 1 is 1.00 bits per heavy atom. The number of amides is 1. The van der Waals surface area contributed by atoms with Gasteiger partial charge in [0.05, 0.1) is 6.10 Å². The lowest BCUT2D eigenvalue weighted by molar-refractivity contribution is -0.140. The van der Waals surface area contributed by atoms with Crippen molar-refractivity contribution in [2.45, 2.75) is 44.2 Å². The smallest absolute Gasteiger partial charge is 0.225 e. The largest absolute Gasteiger partial charge is 0.391 e. The molecule has 0 aromatic rings. The van der Waals surface area contributed by atoms with Crippen LogP contribution in [0.15, 0.2) is 0 Å². The van der Waals surface area contributed by atoms with E-state index >= 15 is 0 Å². The number of carbonyl (C=O) groups is 1. The van der Waals surface area contributed by atoms with Crippen LogP contribution in [0.5, 0.6) is 0 Å². The van der Waals surface area contributed by atoms with Gasteiger partial charge in [-0.05, 0) is 32.1 Å². The maximum Gasteiger partial charge on any atom is 0.225 e. The number of carbonyl (C=O) groups excluding carboxylic acids is 1. The van der Waals surface area contributed by atoms with Crippen LogP contribution in [0.25, 0.3) is 0 Å². The van der Waals surface area contributed by atoms with Crippen LogP contribution < -0.4 is 0 Å². The molecule has 114 valence electrons. The van der Waals surface area contributed by atoms with Crippen LogP contribution in [0, 0.1) is 5.92 Å². The second-order valence-electron chi connectivity index (χ2n) is 6.31. The summed E-state index contributed by atoms with van der Waals surface area (Å²) in [6.45, 7) is 4.92. The summed E-state index contributed by atoms with van der Waals surface area (Å²) >= 11 is 0. The molecule has 0 unspecified atom stereocenters. The average Bonchev–Trinajstić information content (AvgIpc) is 2.94. The van der Waals surface area contributed by atoms with Gasteiger partial charge in [0.2, 0.25) is 5.91 Å². The third-order valence-corrected chi connectivity index (χ3v) is 5.11. The summed E-state index contributed by atoms with van der Waals surface area (Å²) in [5, 5.41) is 9.98. The Labute approximate surface area is 120 Å². The number of rotatable bonds is 2. The molecule has 2 saturated heterocycles. The average molecular weight is 282 g/mol. The number of aliphatic hydroxyl groups excluding tert-OH is 1. The normalized spacial score (nSPS) is 33.5. The topological polar surface area (TPSA) is 53.0 Å². The Balaban J connectivity index is 1.49. The van der Waals surface area contributed by atoms with E-state index in [4.69, 9.17) is 4.74 Å². The first kappa shape index (κ1) is 14.3. The van der Waals surface area contributed by atoms with Gasteiger partial charge >= 0.3 is 0 Å². The predicted octanol–water partition coefficient (Wildman–Crippen LogP) is 0.471. The molecule has 1 amide bonds. The molecule has 1 saturated carbocycles. The van der Waals surface area contributed by atoms with Crippen molar-refractivity contribution in [1.29, 1.82) is 0 Å². The van der Waals surface area contributed by atoms with E-state index < -0.39 is 0 Å². The lowest BCUT2D eigenvalue weighted by atomic mass is 9.98. The molecule has 0 aromatic carbocycles. The summed E-state index contributed by atoms with van der Waals surface area (Å²) in [5.41, 5.74) is 0. The fraction of sp³-hybridized carbons (Fsp3) is 0.933. The molecular weight excluding hydrogens is 256 g/mol. The van der Waals surface area contributed by atoms with Gasteiger partial charge in [0.1, 0.15) is 0 Å². The maximum atomic E-state index is 12.4. The van der Waals surface area contributed by atoms with Crippen LogP contribution in [0.4, 0.5) is 0 Å². The monoisotopic (exact) mass is 282 g/mol. The highest BCUT2D eigenvalue weighted by atomic mass is 16.5. The number of hydrogen-bond donors (Lipinski definition) is 1. The summed E-state index contributed by atoms with van der Waals surface area (Å²) in [4.78, 5) is 16.8. The molecule has 3 aliphatic rings. The van der Waals surface area contributed by atoms with Crippen LogP contribution in [-0.4, -0.2) is 72.4 Å². The van der Waals surface area contributed by atoms with E-state index in [1.54, 1.807) is 0 Å². The zero-order chi connectivity index (χ0) is 13.9. The van der Waals surface area contributed by atoms with Crippen molar-refractivity contribution in [3.8, 4) is 0 Å². The third kappa shape index (κ3) is 3.00. The molecule has 2 atom stereocenters. The zero-order valence-corrected chi connectivity index (χ0v) is 12.2. The first-order valence-electron chi connectivity index (χ1n) is 8.04. The van der Waals surface area contributed by atoms with E-state index in [1.165, 1.54) is 0 Å². The molecule has 5 nitrogen and oxygen atoms in total. The number of nitrogens with zero attached hydrogens (tertiary/aromatic N) is 2. The number of ether oxygens (including phenoxy) is 1. The summed E-state index contributed by atoms with van der Waals surface area (Å²) in [6.07, 6.45) is 4.77. The van der Waals surface area contributed by atoms with E-state index in [-0.39, 0.29) is 12.0 Å². The van der Waals surface area contributed by atoms with Gasteiger partial charge < -0.3 is 14.7 Å². The SMILES string of the molecule is O=C(C1CCOCC1)N1CCN([C@@H]2CCC[C@@H]2O)CC1. The molecule has 0 aromatic heterocycles. The van der Waals surface area contributed by atoms with E-state index in [1.807, 2.05) is 4.90 Å². The van der Waals surface area contributed by atoms with E-state index in [9.17, 15) is 9.90 Å². The Kier molecular flexibility index (Phi) is 4.58. The van der Waals surface area contributed by atoms with Crippen LogP contribution in [0.1, 0.15) is 32.1 Å². The van der Waals surface area contributed by atoms with Crippen molar-refractivity contribution in [3.05, 3.63) is 0 Å². The first-order valence-corrected chi connectivity index (χ1v) is 8.04. The minimum atomic E-state index is -0.159. The quantitative estimate of drug-likeness (QED) is 0.800. The van der Waals surface area contributed by atoms with Gasteiger partial charge in [0, 0.05) is 51.4 Å². The van der Waals surface area contributed by atoms with Gasteiger partial charge in [0.15, 0.2) is 0 Å². The minimum Gasteiger partial charge on any atom is -0.391 e. The van der Waals surface area contributed by atoms with E-state index in [0.717, 1.165) is 71.5 Å². The molecule has 2 aliphatic heterocycles. The summed E-state index contributed by atoms with van der Waals surface area (Å²) in [6, 6.07) is 0.329. The maximum absolute atomic E-state index is 12.4. The molecule has 3 fully saturated rings. The molecule has 2 heterocycles. The second-order valence-corrected chi connectivity index (χ2v) is 6.31. The highest BCUT2D eigenvalue weighted by molar-refractivity contribution is 5.79.